The number of nitrogens with zero attached hydrogens (tertiary/aromatic N) is 1. The summed E-state index contributed by atoms with van der Waals surface area (Å²) in [7, 11) is -1.34. The maximum absolute atomic E-state index is 13.2. The largest absolute Gasteiger partial charge is 0.337 e. The van der Waals surface area contributed by atoms with Gasteiger partial charge in [-0.05, 0) is 30.2 Å². The Hall–Kier alpha value is -2.11. The first-order valence-electron chi connectivity index (χ1n) is 9.15. The zero-order chi connectivity index (χ0) is 18.3. The van der Waals surface area contributed by atoms with Gasteiger partial charge >= 0.3 is 0 Å². The molecular weight excluding hydrogens is 344 g/mol. The summed E-state index contributed by atoms with van der Waals surface area (Å²) in [5.41, 5.74) is 4.12. The minimum atomic E-state index is -3.53. The molecule has 2 heterocycles. The number of anilines is 1. The van der Waals surface area contributed by atoms with E-state index in [9.17, 15) is 8.42 Å². The second kappa shape index (κ2) is 6.56. The second-order valence-electron chi connectivity index (χ2n) is 7.49. The molecule has 3 atom stereocenters. The van der Waals surface area contributed by atoms with Gasteiger partial charge in [0.05, 0.1) is 43.2 Å². The lowest BCUT2D eigenvalue weighted by Crippen LogP contribution is -3.11. The van der Waals surface area contributed by atoms with Gasteiger partial charge in [0.1, 0.15) is 0 Å². The molecule has 0 radical (unpaired) electrons. The Balaban J connectivity index is 1.74. The molecular formula is C21H25N2O2S+. The Bertz CT molecular complexity index is 938. The molecule has 1 unspecified atom stereocenters. The van der Waals surface area contributed by atoms with E-state index in [0.717, 1.165) is 30.8 Å². The molecule has 4 rings (SSSR count). The van der Waals surface area contributed by atoms with E-state index >= 15 is 0 Å². The lowest BCUT2D eigenvalue weighted by atomic mass is 9.89. The fraction of sp³-hybridized carbons (Fsp3) is 0.333. The number of rotatable bonds is 3. The summed E-state index contributed by atoms with van der Waals surface area (Å²) in [6, 6.07) is 15.8. The van der Waals surface area contributed by atoms with Crippen molar-refractivity contribution in [3.8, 4) is 0 Å². The summed E-state index contributed by atoms with van der Waals surface area (Å²) in [5.74, 6) is 0.276. The Labute approximate surface area is 155 Å². The van der Waals surface area contributed by atoms with Gasteiger partial charge in [0, 0.05) is 6.42 Å². The Morgan fingerprint density at radius 2 is 1.92 bits per heavy atom. The molecule has 2 aliphatic heterocycles. The second-order valence-corrected chi connectivity index (χ2v) is 9.19. The van der Waals surface area contributed by atoms with E-state index in [-0.39, 0.29) is 12.0 Å². The first-order valence-corrected chi connectivity index (χ1v) is 10.7. The topological polar surface area (TPSA) is 41.8 Å². The summed E-state index contributed by atoms with van der Waals surface area (Å²) in [4.78, 5) is 1.47. The zero-order valence-electron chi connectivity index (χ0n) is 15.2. The standard InChI is InChI=1S/C21H24N2O2S/c1-16-8-9-20-18(14-16)19-15-22(2)12-10-21(19)23(20)26(24,25)13-11-17-6-4-3-5-7-17/h3-9,11,13-14,19,21H,10,12,15H2,1-2H3/p+1/b13-11+/t19-,21+/m1/s1. The molecule has 4 nitrogen and oxygen atoms in total. The predicted octanol–water partition coefficient (Wildman–Crippen LogP) is 2.19. The van der Waals surface area contributed by atoms with Crippen molar-refractivity contribution in [3.63, 3.8) is 0 Å². The summed E-state index contributed by atoms with van der Waals surface area (Å²) < 4.78 is 28.1. The van der Waals surface area contributed by atoms with Gasteiger partial charge in [-0.3, -0.25) is 4.31 Å². The molecule has 0 aromatic heterocycles. The minimum absolute atomic E-state index is 0.0286. The van der Waals surface area contributed by atoms with Gasteiger partial charge in [-0.25, -0.2) is 8.42 Å². The van der Waals surface area contributed by atoms with E-state index in [1.807, 2.05) is 42.5 Å². The van der Waals surface area contributed by atoms with Crippen molar-refractivity contribution in [1.82, 2.24) is 0 Å². The molecule has 0 bridgehead atoms. The van der Waals surface area contributed by atoms with Gasteiger partial charge in [-0.2, -0.15) is 0 Å². The minimum Gasteiger partial charge on any atom is -0.337 e. The summed E-state index contributed by atoms with van der Waals surface area (Å²) in [5, 5.41) is 1.36. The molecule has 5 heteroatoms. The molecule has 2 aliphatic rings. The number of likely N-dealkylation sites (tertiary alicyclic amines) is 1. The van der Waals surface area contributed by atoms with Crippen molar-refractivity contribution in [2.75, 3.05) is 24.4 Å². The fourth-order valence-corrected chi connectivity index (χ4v) is 5.81. The Morgan fingerprint density at radius 1 is 1.15 bits per heavy atom. The van der Waals surface area contributed by atoms with E-state index in [1.165, 1.54) is 21.4 Å². The van der Waals surface area contributed by atoms with Crippen LogP contribution >= 0.6 is 0 Å². The van der Waals surface area contributed by atoms with E-state index in [0.29, 0.717) is 0 Å². The van der Waals surface area contributed by atoms with Crippen LogP contribution < -0.4 is 9.21 Å². The third-order valence-electron chi connectivity index (χ3n) is 5.53. The lowest BCUT2D eigenvalue weighted by Gasteiger charge is -2.34. The van der Waals surface area contributed by atoms with E-state index < -0.39 is 10.0 Å². The number of benzene rings is 2. The third kappa shape index (κ3) is 3.06. The summed E-state index contributed by atoms with van der Waals surface area (Å²) in [6.45, 7) is 4.05. The normalized spacial score (nSPS) is 25.3. The molecule has 1 fully saturated rings. The molecule has 1 N–H and O–H groups in total. The molecule has 0 spiro atoms. The fourth-order valence-electron chi connectivity index (χ4n) is 4.28. The molecule has 2 aromatic carbocycles. The van der Waals surface area contributed by atoms with Crippen molar-refractivity contribution in [2.24, 2.45) is 0 Å². The highest BCUT2D eigenvalue weighted by Crippen LogP contribution is 2.44. The first-order chi connectivity index (χ1) is 12.5. The Morgan fingerprint density at radius 3 is 2.69 bits per heavy atom. The quantitative estimate of drug-likeness (QED) is 0.901. The number of nitrogens with one attached hydrogen (secondary N) is 1. The number of hydrogen-bond donors (Lipinski definition) is 1. The number of piperidine rings is 1. The van der Waals surface area contributed by atoms with Crippen LogP contribution in [0.2, 0.25) is 0 Å². The van der Waals surface area contributed by atoms with Crippen LogP contribution in [0.4, 0.5) is 5.69 Å². The average Bonchev–Trinajstić information content (AvgIpc) is 2.95. The molecule has 0 amide bonds. The van der Waals surface area contributed by atoms with Crippen molar-refractivity contribution < 1.29 is 13.3 Å². The first kappa shape index (κ1) is 17.3. The van der Waals surface area contributed by atoms with Gasteiger partial charge < -0.3 is 4.90 Å². The van der Waals surface area contributed by atoms with Crippen molar-refractivity contribution in [3.05, 3.63) is 70.6 Å². The number of quaternary nitrogens is 1. The molecule has 0 saturated carbocycles. The van der Waals surface area contributed by atoms with E-state index in [2.05, 4.69) is 20.0 Å². The smallest absolute Gasteiger partial charge is 0.257 e. The van der Waals surface area contributed by atoms with Gasteiger partial charge in [-0.1, -0.05) is 48.0 Å². The van der Waals surface area contributed by atoms with Crippen molar-refractivity contribution in [1.29, 1.82) is 0 Å². The van der Waals surface area contributed by atoms with Crippen LogP contribution in [0.25, 0.3) is 6.08 Å². The van der Waals surface area contributed by atoms with Gasteiger partial charge in [0.25, 0.3) is 10.0 Å². The van der Waals surface area contributed by atoms with Crippen molar-refractivity contribution >= 4 is 21.8 Å². The van der Waals surface area contributed by atoms with Crippen LogP contribution in [-0.4, -0.2) is 34.6 Å². The van der Waals surface area contributed by atoms with Crippen LogP contribution in [0, 0.1) is 6.92 Å². The van der Waals surface area contributed by atoms with Crippen LogP contribution in [0.5, 0.6) is 0 Å². The van der Waals surface area contributed by atoms with Crippen molar-refractivity contribution in [2.45, 2.75) is 25.3 Å². The Kier molecular flexibility index (Phi) is 4.37. The maximum atomic E-state index is 13.2. The van der Waals surface area contributed by atoms with Crippen LogP contribution in [-0.2, 0) is 10.0 Å². The number of likely N-dealkylation sites (N-methyl/N-ethyl adjacent to an activating group) is 1. The molecule has 1 saturated heterocycles. The lowest BCUT2D eigenvalue weighted by molar-refractivity contribution is -0.886. The maximum Gasteiger partial charge on any atom is 0.257 e. The van der Waals surface area contributed by atoms with Gasteiger partial charge in [-0.15, -0.1) is 0 Å². The van der Waals surface area contributed by atoms with E-state index in [1.54, 1.807) is 10.4 Å². The predicted molar refractivity (Wildman–Crippen MR) is 106 cm³/mol. The molecule has 0 aliphatic carbocycles. The number of hydrogen-bond acceptors (Lipinski definition) is 2. The third-order valence-corrected chi connectivity index (χ3v) is 7.02. The SMILES string of the molecule is Cc1ccc2c(c1)[C@H]1C[NH+](C)CC[C@@H]1N2S(=O)(=O)/C=C/c1ccccc1. The van der Waals surface area contributed by atoms with Crippen LogP contribution in [0.3, 0.4) is 0 Å². The number of sulfonamides is 1. The monoisotopic (exact) mass is 369 g/mol. The van der Waals surface area contributed by atoms with Gasteiger partial charge in [0.15, 0.2) is 0 Å². The van der Waals surface area contributed by atoms with Gasteiger partial charge in [0.2, 0.25) is 0 Å². The molecule has 136 valence electrons. The zero-order valence-corrected chi connectivity index (χ0v) is 16.0. The highest BCUT2D eigenvalue weighted by atomic mass is 32.2. The summed E-state index contributed by atoms with van der Waals surface area (Å²) in [6.07, 6.45) is 2.58. The summed E-state index contributed by atoms with van der Waals surface area (Å²) >= 11 is 0. The molecule has 2 aromatic rings. The van der Waals surface area contributed by atoms with Crippen LogP contribution in [0.1, 0.15) is 29.0 Å². The number of aryl methyl sites for hydroxylation is 1. The highest BCUT2D eigenvalue weighted by molar-refractivity contribution is 7.95. The number of fused-ring (bicyclic) bond motifs is 3. The molecule has 26 heavy (non-hydrogen) atoms. The average molecular weight is 370 g/mol. The van der Waals surface area contributed by atoms with Crippen LogP contribution in [0.15, 0.2) is 53.9 Å². The van der Waals surface area contributed by atoms with E-state index in [4.69, 9.17) is 0 Å². The highest BCUT2D eigenvalue weighted by Gasteiger charge is 2.47.